The van der Waals surface area contributed by atoms with E-state index in [1.807, 2.05) is 19.9 Å². The van der Waals surface area contributed by atoms with Gasteiger partial charge in [-0.2, -0.15) is 0 Å². The maximum Gasteiger partial charge on any atom is 0.134 e. The van der Waals surface area contributed by atoms with Crippen molar-refractivity contribution in [1.29, 1.82) is 0 Å². The summed E-state index contributed by atoms with van der Waals surface area (Å²) in [4.78, 5) is 10.7. The molecule has 6 nitrogen and oxygen atoms in total. The summed E-state index contributed by atoms with van der Waals surface area (Å²) in [5.41, 5.74) is -0.298. The van der Waals surface area contributed by atoms with Gasteiger partial charge >= 0.3 is 0 Å². The number of hydrogen-bond acceptors (Lipinski definition) is 6. The summed E-state index contributed by atoms with van der Waals surface area (Å²) in [5, 5.41) is 12.6. The minimum Gasteiger partial charge on any atom is -0.394 e. The van der Waals surface area contributed by atoms with Gasteiger partial charge in [0, 0.05) is 25.7 Å². The molecule has 6 heteroatoms. The molecule has 0 spiro atoms. The zero-order valence-corrected chi connectivity index (χ0v) is 12.5. The van der Waals surface area contributed by atoms with Crippen LogP contribution in [0.2, 0.25) is 0 Å². The molecular weight excluding hydrogens is 256 g/mol. The highest BCUT2D eigenvalue weighted by Crippen LogP contribution is 2.25. The lowest BCUT2D eigenvalue weighted by atomic mass is 10.1. The molecule has 2 heterocycles. The minimum absolute atomic E-state index is 0.0198. The molecule has 2 rings (SSSR count). The van der Waals surface area contributed by atoms with Gasteiger partial charge in [-0.3, -0.25) is 0 Å². The number of aliphatic hydroxyl groups is 1. The number of hydrogen-bond donors (Lipinski definition) is 2. The SMILES string of the molecule is CCCNc1cc(N2CC(CO)OC(C)(C)C2)ncn1. The van der Waals surface area contributed by atoms with Crippen molar-refractivity contribution in [3.05, 3.63) is 12.4 Å². The van der Waals surface area contributed by atoms with Crippen molar-refractivity contribution in [2.45, 2.75) is 38.9 Å². The van der Waals surface area contributed by atoms with Gasteiger partial charge in [-0.15, -0.1) is 0 Å². The molecule has 0 radical (unpaired) electrons. The first-order chi connectivity index (χ1) is 9.54. The zero-order chi connectivity index (χ0) is 14.6. The van der Waals surface area contributed by atoms with Gasteiger partial charge in [0.25, 0.3) is 0 Å². The first kappa shape index (κ1) is 15.0. The van der Waals surface area contributed by atoms with E-state index in [0.717, 1.165) is 31.1 Å². The Hall–Kier alpha value is -1.40. The average Bonchev–Trinajstić information content (AvgIpc) is 2.43. The lowest BCUT2D eigenvalue weighted by molar-refractivity contribution is -0.101. The van der Waals surface area contributed by atoms with E-state index in [1.165, 1.54) is 0 Å². The Morgan fingerprint density at radius 1 is 1.50 bits per heavy atom. The molecule has 0 aliphatic carbocycles. The highest BCUT2D eigenvalue weighted by atomic mass is 16.5. The first-order valence-corrected chi connectivity index (χ1v) is 7.13. The molecule has 1 aliphatic heterocycles. The van der Waals surface area contributed by atoms with Crippen LogP contribution in [0, 0.1) is 0 Å². The van der Waals surface area contributed by atoms with Gasteiger partial charge < -0.3 is 20.1 Å². The average molecular weight is 280 g/mol. The van der Waals surface area contributed by atoms with E-state index in [2.05, 4.69) is 27.1 Å². The molecule has 0 aromatic carbocycles. The van der Waals surface area contributed by atoms with Crippen molar-refractivity contribution in [2.75, 3.05) is 36.5 Å². The van der Waals surface area contributed by atoms with E-state index < -0.39 is 0 Å². The second-order valence-electron chi connectivity index (χ2n) is 5.75. The Kier molecular flexibility index (Phi) is 4.77. The van der Waals surface area contributed by atoms with E-state index in [0.29, 0.717) is 6.54 Å². The molecule has 0 bridgehead atoms. The lowest BCUT2D eigenvalue weighted by Gasteiger charge is -2.42. The number of aliphatic hydroxyl groups excluding tert-OH is 1. The third-order valence-electron chi connectivity index (χ3n) is 3.22. The normalized spacial score (nSPS) is 21.8. The highest BCUT2D eigenvalue weighted by Gasteiger charge is 2.33. The van der Waals surface area contributed by atoms with E-state index in [-0.39, 0.29) is 18.3 Å². The Labute approximate surface area is 120 Å². The van der Waals surface area contributed by atoms with Crippen LogP contribution in [0.1, 0.15) is 27.2 Å². The second-order valence-corrected chi connectivity index (χ2v) is 5.75. The number of morpholine rings is 1. The summed E-state index contributed by atoms with van der Waals surface area (Å²) in [6.45, 7) is 8.47. The molecule has 1 fully saturated rings. The van der Waals surface area contributed by atoms with Crippen LogP contribution in [0.5, 0.6) is 0 Å². The van der Waals surface area contributed by atoms with Crippen molar-refractivity contribution in [1.82, 2.24) is 9.97 Å². The fourth-order valence-corrected chi connectivity index (χ4v) is 2.43. The first-order valence-electron chi connectivity index (χ1n) is 7.13. The quantitative estimate of drug-likeness (QED) is 0.846. The zero-order valence-electron chi connectivity index (χ0n) is 12.5. The third-order valence-corrected chi connectivity index (χ3v) is 3.22. The molecule has 0 saturated carbocycles. The summed E-state index contributed by atoms with van der Waals surface area (Å²) >= 11 is 0. The smallest absolute Gasteiger partial charge is 0.134 e. The Morgan fingerprint density at radius 3 is 3.00 bits per heavy atom. The number of anilines is 2. The Morgan fingerprint density at radius 2 is 2.30 bits per heavy atom. The van der Waals surface area contributed by atoms with Crippen LogP contribution in [-0.4, -0.2) is 53.0 Å². The van der Waals surface area contributed by atoms with Crippen LogP contribution in [0.25, 0.3) is 0 Å². The molecule has 1 saturated heterocycles. The van der Waals surface area contributed by atoms with E-state index in [9.17, 15) is 5.11 Å². The summed E-state index contributed by atoms with van der Waals surface area (Å²) in [5.74, 6) is 1.70. The molecule has 1 aromatic rings. The summed E-state index contributed by atoms with van der Waals surface area (Å²) in [6.07, 6.45) is 2.45. The van der Waals surface area contributed by atoms with Crippen molar-refractivity contribution in [3.8, 4) is 0 Å². The summed E-state index contributed by atoms with van der Waals surface area (Å²) in [6, 6.07) is 1.95. The molecule has 2 N–H and O–H groups in total. The molecule has 1 atom stereocenters. The topological polar surface area (TPSA) is 70.5 Å². The number of rotatable bonds is 5. The molecule has 20 heavy (non-hydrogen) atoms. The highest BCUT2D eigenvalue weighted by molar-refractivity contribution is 5.49. The molecular formula is C14H24N4O2. The van der Waals surface area contributed by atoms with Crippen LogP contribution < -0.4 is 10.2 Å². The van der Waals surface area contributed by atoms with Crippen LogP contribution in [-0.2, 0) is 4.74 Å². The number of ether oxygens (including phenoxy) is 1. The van der Waals surface area contributed by atoms with Gasteiger partial charge in [-0.25, -0.2) is 9.97 Å². The van der Waals surface area contributed by atoms with Gasteiger partial charge in [0.15, 0.2) is 0 Å². The maximum absolute atomic E-state index is 9.36. The molecule has 1 unspecified atom stereocenters. The van der Waals surface area contributed by atoms with Crippen molar-refractivity contribution < 1.29 is 9.84 Å². The van der Waals surface area contributed by atoms with Crippen LogP contribution in [0.4, 0.5) is 11.6 Å². The predicted octanol–water partition coefficient (Wildman–Crippen LogP) is 1.27. The number of nitrogens with zero attached hydrogens (tertiary/aromatic N) is 3. The second kappa shape index (κ2) is 6.37. The monoisotopic (exact) mass is 280 g/mol. The van der Waals surface area contributed by atoms with Gasteiger partial charge in [0.05, 0.1) is 18.3 Å². The Bertz CT molecular complexity index is 439. The van der Waals surface area contributed by atoms with Crippen LogP contribution in [0.3, 0.4) is 0 Å². The summed E-state index contributed by atoms with van der Waals surface area (Å²) in [7, 11) is 0. The predicted molar refractivity (Wildman–Crippen MR) is 79.1 cm³/mol. The van der Waals surface area contributed by atoms with Gasteiger partial charge in [-0.1, -0.05) is 6.92 Å². The summed E-state index contributed by atoms with van der Waals surface area (Å²) < 4.78 is 5.82. The van der Waals surface area contributed by atoms with Gasteiger partial charge in [0.1, 0.15) is 18.0 Å². The fourth-order valence-electron chi connectivity index (χ4n) is 2.43. The largest absolute Gasteiger partial charge is 0.394 e. The maximum atomic E-state index is 9.36. The van der Waals surface area contributed by atoms with Crippen molar-refractivity contribution in [2.24, 2.45) is 0 Å². The molecule has 1 aromatic heterocycles. The van der Waals surface area contributed by atoms with E-state index in [1.54, 1.807) is 6.33 Å². The van der Waals surface area contributed by atoms with Crippen LogP contribution in [0.15, 0.2) is 12.4 Å². The lowest BCUT2D eigenvalue weighted by Crippen LogP contribution is -2.54. The van der Waals surface area contributed by atoms with Gasteiger partial charge in [0.2, 0.25) is 0 Å². The molecule has 0 amide bonds. The van der Waals surface area contributed by atoms with E-state index in [4.69, 9.17) is 4.74 Å². The molecule has 112 valence electrons. The minimum atomic E-state index is -0.298. The number of aromatic nitrogens is 2. The van der Waals surface area contributed by atoms with Crippen LogP contribution >= 0.6 is 0 Å². The van der Waals surface area contributed by atoms with Gasteiger partial charge in [-0.05, 0) is 20.3 Å². The molecule has 1 aliphatic rings. The van der Waals surface area contributed by atoms with Crippen molar-refractivity contribution >= 4 is 11.6 Å². The Balaban J connectivity index is 2.13. The van der Waals surface area contributed by atoms with E-state index >= 15 is 0 Å². The van der Waals surface area contributed by atoms with Crippen molar-refractivity contribution in [3.63, 3.8) is 0 Å². The third kappa shape index (κ3) is 3.80. The standard InChI is InChI=1S/C14H24N4O2/c1-4-5-15-12-6-13(17-10-16-12)18-7-11(8-19)20-14(2,3)9-18/h6,10-11,19H,4-5,7-9H2,1-3H3,(H,15,16,17). The fraction of sp³-hybridized carbons (Fsp3) is 0.714. The number of nitrogens with one attached hydrogen (secondary N) is 1.